The number of aryl methyl sites for hydroxylation is 1. The molecule has 3 nitrogen and oxygen atoms in total. The summed E-state index contributed by atoms with van der Waals surface area (Å²) in [5.74, 6) is 1.83. The van der Waals surface area contributed by atoms with E-state index in [1.54, 1.807) is 0 Å². The van der Waals surface area contributed by atoms with Gasteiger partial charge in [-0.3, -0.25) is 0 Å². The zero-order chi connectivity index (χ0) is 12.5. The van der Waals surface area contributed by atoms with Gasteiger partial charge in [-0.25, -0.2) is 4.98 Å². The minimum absolute atomic E-state index is 0.581. The van der Waals surface area contributed by atoms with Crippen LogP contribution in [0.3, 0.4) is 0 Å². The Balaban J connectivity index is 1.92. The minimum Gasteiger partial charge on any atom is -0.330 e. The lowest BCUT2D eigenvalue weighted by Crippen LogP contribution is -2.12. The standard InChI is InChI=1S/C15H21N3/c1-11(10-16)6-9-15-17-13-4-2-3-5-14(13)18(15)12-7-8-12/h2-5,11-12H,6-10,16H2,1H3. The number of para-hydroxylation sites is 2. The fourth-order valence-corrected chi connectivity index (χ4v) is 2.50. The number of benzene rings is 1. The van der Waals surface area contributed by atoms with Gasteiger partial charge in [0.05, 0.1) is 11.0 Å². The van der Waals surface area contributed by atoms with E-state index in [9.17, 15) is 0 Å². The normalized spacial score (nSPS) is 17.2. The lowest BCUT2D eigenvalue weighted by molar-refractivity contribution is 0.525. The van der Waals surface area contributed by atoms with Crippen molar-refractivity contribution in [3.63, 3.8) is 0 Å². The Hall–Kier alpha value is -1.35. The van der Waals surface area contributed by atoms with E-state index in [1.165, 1.54) is 24.2 Å². The zero-order valence-corrected chi connectivity index (χ0v) is 11.0. The highest BCUT2D eigenvalue weighted by Gasteiger charge is 2.27. The third-order valence-corrected chi connectivity index (χ3v) is 3.84. The van der Waals surface area contributed by atoms with Crippen LogP contribution in [0, 0.1) is 5.92 Å². The number of rotatable bonds is 5. The summed E-state index contributed by atoms with van der Waals surface area (Å²) in [4.78, 5) is 4.80. The number of fused-ring (bicyclic) bond motifs is 1. The summed E-state index contributed by atoms with van der Waals surface area (Å²) in [6.45, 7) is 2.98. The topological polar surface area (TPSA) is 43.8 Å². The first-order valence-electron chi connectivity index (χ1n) is 6.95. The van der Waals surface area contributed by atoms with Gasteiger partial charge in [0.1, 0.15) is 5.82 Å². The van der Waals surface area contributed by atoms with E-state index in [4.69, 9.17) is 10.7 Å². The molecule has 2 N–H and O–H groups in total. The molecule has 3 rings (SSSR count). The summed E-state index contributed by atoms with van der Waals surface area (Å²) in [6, 6.07) is 9.18. The molecule has 1 heterocycles. The van der Waals surface area contributed by atoms with Gasteiger partial charge in [-0.15, -0.1) is 0 Å². The molecule has 1 unspecified atom stereocenters. The second-order valence-electron chi connectivity index (χ2n) is 5.50. The van der Waals surface area contributed by atoms with Crippen LogP contribution in [0.25, 0.3) is 11.0 Å². The van der Waals surface area contributed by atoms with Crippen molar-refractivity contribution in [2.24, 2.45) is 11.7 Å². The van der Waals surface area contributed by atoms with Gasteiger partial charge >= 0.3 is 0 Å². The molecule has 3 heteroatoms. The lowest BCUT2D eigenvalue weighted by Gasteiger charge is -2.10. The molecule has 1 aliphatic rings. The van der Waals surface area contributed by atoms with Crippen molar-refractivity contribution < 1.29 is 0 Å². The Morgan fingerprint density at radius 1 is 1.39 bits per heavy atom. The molecular weight excluding hydrogens is 222 g/mol. The fraction of sp³-hybridized carbons (Fsp3) is 0.533. The first-order valence-corrected chi connectivity index (χ1v) is 6.95. The van der Waals surface area contributed by atoms with Crippen molar-refractivity contribution in [3.05, 3.63) is 30.1 Å². The molecule has 18 heavy (non-hydrogen) atoms. The number of aromatic nitrogens is 2. The number of hydrogen-bond donors (Lipinski definition) is 1. The van der Waals surface area contributed by atoms with Crippen LogP contribution in [0.1, 0.15) is 38.1 Å². The highest BCUT2D eigenvalue weighted by Crippen LogP contribution is 2.38. The van der Waals surface area contributed by atoms with E-state index in [-0.39, 0.29) is 0 Å². The van der Waals surface area contributed by atoms with Crippen molar-refractivity contribution in [2.75, 3.05) is 6.54 Å². The molecule has 2 aromatic rings. The van der Waals surface area contributed by atoms with Gasteiger partial charge in [0.2, 0.25) is 0 Å². The van der Waals surface area contributed by atoms with Crippen LogP contribution < -0.4 is 5.73 Å². The average molecular weight is 243 g/mol. The van der Waals surface area contributed by atoms with Gasteiger partial charge in [0.15, 0.2) is 0 Å². The fourth-order valence-electron chi connectivity index (χ4n) is 2.50. The minimum atomic E-state index is 0.581. The van der Waals surface area contributed by atoms with Crippen molar-refractivity contribution in [1.82, 2.24) is 9.55 Å². The molecule has 1 fully saturated rings. The van der Waals surface area contributed by atoms with Crippen molar-refractivity contribution in [3.8, 4) is 0 Å². The molecule has 0 saturated heterocycles. The average Bonchev–Trinajstić information content (AvgIpc) is 3.16. The summed E-state index contributed by atoms with van der Waals surface area (Å²) < 4.78 is 2.46. The molecule has 1 aromatic carbocycles. The molecule has 0 bridgehead atoms. The Morgan fingerprint density at radius 3 is 2.89 bits per heavy atom. The number of hydrogen-bond acceptors (Lipinski definition) is 2. The number of nitrogens with two attached hydrogens (primary N) is 1. The number of imidazole rings is 1. The van der Waals surface area contributed by atoms with E-state index >= 15 is 0 Å². The highest BCUT2D eigenvalue weighted by molar-refractivity contribution is 5.76. The molecule has 0 aliphatic heterocycles. The lowest BCUT2D eigenvalue weighted by atomic mass is 10.1. The van der Waals surface area contributed by atoms with Gasteiger partial charge < -0.3 is 10.3 Å². The summed E-state index contributed by atoms with van der Waals surface area (Å²) in [6.07, 6.45) is 4.79. The summed E-state index contributed by atoms with van der Waals surface area (Å²) in [5, 5.41) is 0. The first-order chi connectivity index (χ1) is 8.79. The van der Waals surface area contributed by atoms with Crippen LogP contribution in [-0.2, 0) is 6.42 Å². The van der Waals surface area contributed by atoms with E-state index in [1.807, 2.05) is 0 Å². The van der Waals surface area contributed by atoms with Crippen LogP contribution in [0.2, 0.25) is 0 Å². The number of nitrogens with zero attached hydrogens (tertiary/aromatic N) is 2. The maximum absolute atomic E-state index is 5.69. The Kier molecular flexibility index (Phi) is 3.08. The predicted octanol–water partition coefficient (Wildman–Crippen LogP) is 2.90. The van der Waals surface area contributed by atoms with E-state index < -0.39 is 0 Å². The highest BCUT2D eigenvalue weighted by atomic mass is 15.1. The SMILES string of the molecule is CC(CN)CCc1nc2ccccc2n1C1CC1. The molecule has 1 aromatic heterocycles. The third kappa shape index (κ3) is 2.15. The largest absolute Gasteiger partial charge is 0.330 e. The second kappa shape index (κ2) is 4.73. The third-order valence-electron chi connectivity index (χ3n) is 3.84. The van der Waals surface area contributed by atoms with Crippen molar-refractivity contribution >= 4 is 11.0 Å². The molecule has 0 spiro atoms. The van der Waals surface area contributed by atoms with Gasteiger partial charge in [0, 0.05) is 12.5 Å². The molecule has 1 aliphatic carbocycles. The van der Waals surface area contributed by atoms with Crippen molar-refractivity contribution in [2.45, 2.75) is 38.6 Å². The summed E-state index contributed by atoms with van der Waals surface area (Å²) in [5.41, 5.74) is 8.13. The van der Waals surface area contributed by atoms with Gasteiger partial charge in [-0.1, -0.05) is 19.1 Å². The monoisotopic (exact) mass is 243 g/mol. The van der Waals surface area contributed by atoms with Crippen LogP contribution in [0.15, 0.2) is 24.3 Å². The molecular formula is C15H21N3. The second-order valence-corrected chi connectivity index (χ2v) is 5.50. The quantitative estimate of drug-likeness (QED) is 0.877. The van der Waals surface area contributed by atoms with E-state index in [2.05, 4.69) is 35.8 Å². The Morgan fingerprint density at radius 2 is 2.17 bits per heavy atom. The van der Waals surface area contributed by atoms with Crippen LogP contribution in [0.5, 0.6) is 0 Å². The molecule has 1 saturated carbocycles. The molecule has 96 valence electrons. The summed E-state index contributed by atoms with van der Waals surface area (Å²) in [7, 11) is 0. The molecule has 1 atom stereocenters. The maximum Gasteiger partial charge on any atom is 0.110 e. The smallest absolute Gasteiger partial charge is 0.110 e. The Labute approximate surface area is 108 Å². The predicted molar refractivity (Wildman–Crippen MR) is 74.5 cm³/mol. The first kappa shape index (κ1) is 11.7. The van der Waals surface area contributed by atoms with Crippen LogP contribution in [0.4, 0.5) is 0 Å². The Bertz CT molecular complexity index is 540. The van der Waals surface area contributed by atoms with Crippen LogP contribution >= 0.6 is 0 Å². The summed E-state index contributed by atoms with van der Waals surface area (Å²) >= 11 is 0. The van der Waals surface area contributed by atoms with Gasteiger partial charge in [-0.05, 0) is 43.9 Å². The van der Waals surface area contributed by atoms with Gasteiger partial charge in [0.25, 0.3) is 0 Å². The van der Waals surface area contributed by atoms with E-state index in [0.717, 1.165) is 24.9 Å². The van der Waals surface area contributed by atoms with Gasteiger partial charge in [-0.2, -0.15) is 0 Å². The molecule has 0 radical (unpaired) electrons. The zero-order valence-electron chi connectivity index (χ0n) is 11.0. The maximum atomic E-state index is 5.69. The van der Waals surface area contributed by atoms with E-state index in [0.29, 0.717) is 12.0 Å². The van der Waals surface area contributed by atoms with Crippen LogP contribution in [-0.4, -0.2) is 16.1 Å². The van der Waals surface area contributed by atoms with Crippen molar-refractivity contribution in [1.29, 1.82) is 0 Å². The molecule has 0 amide bonds.